The van der Waals surface area contributed by atoms with Crippen LogP contribution in [-0.2, 0) is 19.4 Å². The quantitative estimate of drug-likeness (QED) is 0.917. The van der Waals surface area contributed by atoms with E-state index in [0.29, 0.717) is 11.8 Å². The van der Waals surface area contributed by atoms with Crippen molar-refractivity contribution in [1.29, 1.82) is 0 Å². The molecule has 1 aliphatic carbocycles. The molecule has 0 aromatic heterocycles. The Balaban J connectivity index is 1.31. The molecule has 1 atom stereocenters. The van der Waals surface area contributed by atoms with Crippen LogP contribution >= 0.6 is 0 Å². The number of aryl methyl sites for hydroxylation is 1. The van der Waals surface area contributed by atoms with E-state index in [1.807, 2.05) is 18.2 Å². The Morgan fingerprint density at radius 2 is 1.81 bits per heavy atom. The molecular formula is C22H28N2O2. The van der Waals surface area contributed by atoms with E-state index in [1.165, 1.54) is 19.3 Å². The van der Waals surface area contributed by atoms with E-state index in [0.717, 1.165) is 38.3 Å². The molecule has 1 heterocycles. The van der Waals surface area contributed by atoms with Crippen LogP contribution in [0.15, 0.2) is 42.5 Å². The molecule has 0 spiro atoms. The molecule has 4 rings (SSSR count). The average Bonchev–Trinajstić information content (AvgIpc) is 2.68. The summed E-state index contributed by atoms with van der Waals surface area (Å²) in [6, 6.07) is 15.3. The van der Waals surface area contributed by atoms with Gasteiger partial charge in [0.1, 0.15) is 0 Å². The second-order valence-corrected chi connectivity index (χ2v) is 7.48. The predicted molar refractivity (Wildman–Crippen MR) is 104 cm³/mol. The smallest absolute Gasteiger partial charge is 0.160 e. The van der Waals surface area contributed by atoms with Crippen molar-refractivity contribution in [1.82, 2.24) is 9.80 Å². The summed E-state index contributed by atoms with van der Waals surface area (Å²) in [5.74, 6) is 0.764. The second kappa shape index (κ2) is 7.68. The lowest BCUT2D eigenvalue weighted by atomic mass is 9.87. The van der Waals surface area contributed by atoms with Crippen LogP contribution in [0.4, 0.5) is 0 Å². The zero-order valence-corrected chi connectivity index (χ0v) is 15.5. The normalized spacial score (nSPS) is 21.3. The number of fused-ring (bicyclic) bond motifs is 1. The number of rotatable bonds is 4. The van der Waals surface area contributed by atoms with Gasteiger partial charge in [0.25, 0.3) is 0 Å². The molecule has 4 heteroatoms. The van der Waals surface area contributed by atoms with Gasteiger partial charge in [-0.3, -0.25) is 9.80 Å². The first-order valence-electron chi connectivity index (χ1n) is 9.62. The molecule has 0 radical (unpaired) electrons. The number of piperazine rings is 1. The minimum Gasteiger partial charge on any atom is -0.504 e. The molecule has 2 aromatic carbocycles. The summed E-state index contributed by atoms with van der Waals surface area (Å²) in [6.07, 6.45) is 3.69. The predicted octanol–water partition coefficient (Wildman–Crippen LogP) is 3.08. The fraction of sp³-hybridized carbons (Fsp3) is 0.455. The molecule has 2 aromatic rings. The van der Waals surface area contributed by atoms with Crippen molar-refractivity contribution in [2.24, 2.45) is 0 Å². The highest BCUT2D eigenvalue weighted by Crippen LogP contribution is 2.28. The molecule has 0 amide bonds. The fourth-order valence-corrected chi connectivity index (χ4v) is 4.37. The van der Waals surface area contributed by atoms with Gasteiger partial charge in [0.15, 0.2) is 11.5 Å². The number of phenolic OH excluding ortho intramolecular Hbond substituents is 1. The van der Waals surface area contributed by atoms with Crippen molar-refractivity contribution < 1.29 is 9.84 Å². The summed E-state index contributed by atoms with van der Waals surface area (Å²) < 4.78 is 5.13. The number of methoxy groups -OCH3 is 1. The zero-order valence-electron chi connectivity index (χ0n) is 15.5. The largest absolute Gasteiger partial charge is 0.504 e. The first kappa shape index (κ1) is 17.4. The van der Waals surface area contributed by atoms with E-state index in [2.05, 4.69) is 34.1 Å². The Labute approximate surface area is 156 Å². The fourth-order valence-electron chi connectivity index (χ4n) is 4.37. The molecule has 1 N–H and O–H groups in total. The van der Waals surface area contributed by atoms with E-state index in [4.69, 9.17) is 4.74 Å². The van der Waals surface area contributed by atoms with Gasteiger partial charge in [-0.2, -0.15) is 0 Å². The Morgan fingerprint density at radius 3 is 2.54 bits per heavy atom. The van der Waals surface area contributed by atoms with Crippen LogP contribution in [0, 0.1) is 0 Å². The van der Waals surface area contributed by atoms with Gasteiger partial charge in [0, 0.05) is 38.8 Å². The Kier molecular flexibility index (Phi) is 5.14. The summed E-state index contributed by atoms with van der Waals surface area (Å²) in [5.41, 5.74) is 4.23. The molecule has 0 bridgehead atoms. The number of hydrogen-bond acceptors (Lipinski definition) is 4. The summed E-state index contributed by atoms with van der Waals surface area (Å²) in [5, 5.41) is 9.96. The van der Waals surface area contributed by atoms with Crippen LogP contribution in [0.2, 0.25) is 0 Å². The molecule has 138 valence electrons. The molecular weight excluding hydrogens is 324 g/mol. The van der Waals surface area contributed by atoms with Crippen LogP contribution in [-0.4, -0.2) is 54.2 Å². The van der Waals surface area contributed by atoms with Crippen LogP contribution in [0.25, 0.3) is 0 Å². The SMILES string of the molecule is COc1ccc(CN2CCN(C3CCc4ccccc4C3)CC2)cc1O. The van der Waals surface area contributed by atoms with Gasteiger partial charge in [-0.1, -0.05) is 30.3 Å². The lowest BCUT2D eigenvalue weighted by Gasteiger charge is -2.41. The maximum atomic E-state index is 9.96. The summed E-state index contributed by atoms with van der Waals surface area (Å²) >= 11 is 0. The first-order valence-corrected chi connectivity index (χ1v) is 9.62. The van der Waals surface area contributed by atoms with Crippen molar-refractivity contribution in [2.45, 2.75) is 31.8 Å². The molecule has 0 saturated carbocycles. The Bertz CT molecular complexity index is 754. The summed E-state index contributed by atoms with van der Waals surface area (Å²) in [7, 11) is 1.58. The highest BCUT2D eigenvalue weighted by Gasteiger charge is 2.27. The lowest BCUT2D eigenvalue weighted by molar-refractivity contribution is 0.0856. The molecule has 4 nitrogen and oxygen atoms in total. The number of hydrogen-bond donors (Lipinski definition) is 1. The minimum atomic E-state index is 0.226. The zero-order chi connectivity index (χ0) is 17.9. The van der Waals surface area contributed by atoms with Crippen molar-refractivity contribution >= 4 is 0 Å². The van der Waals surface area contributed by atoms with Crippen molar-refractivity contribution in [2.75, 3.05) is 33.3 Å². The maximum absolute atomic E-state index is 9.96. The number of benzene rings is 2. The second-order valence-electron chi connectivity index (χ2n) is 7.48. The van der Waals surface area contributed by atoms with Gasteiger partial charge < -0.3 is 9.84 Å². The van der Waals surface area contributed by atoms with Crippen molar-refractivity contribution in [3.63, 3.8) is 0 Å². The molecule has 1 aliphatic heterocycles. The van der Waals surface area contributed by atoms with Gasteiger partial charge in [0.05, 0.1) is 7.11 Å². The number of ether oxygens (including phenoxy) is 1. The van der Waals surface area contributed by atoms with Gasteiger partial charge in [-0.15, -0.1) is 0 Å². The summed E-state index contributed by atoms with van der Waals surface area (Å²) in [4.78, 5) is 5.16. The van der Waals surface area contributed by atoms with Crippen LogP contribution < -0.4 is 4.74 Å². The van der Waals surface area contributed by atoms with E-state index in [1.54, 1.807) is 18.2 Å². The van der Waals surface area contributed by atoms with Gasteiger partial charge in [-0.05, 0) is 48.1 Å². The Morgan fingerprint density at radius 1 is 1.04 bits per heavy atom. The number of nitrogens with zero attached hydrogens (tertiary/aromatic N) is 2. The standard InChI is InChI=1S/C22H28N2O2/c1-26-22-9-6-17(14-21(22)25)16-23-10-12-24(13-11-23)20-8-7-18-4-2-3-5-19(18)15-20/h2-6,9,14,20,25H,7-8,10-13,15-16H2,1H3. The highest BCUT2D eigenvalue weighted by molar-refractivity contribution is 5.41. The van der Waals surface area contributed by atoms with Crippen LogP contribution in [0.1, 0.15) is 23.1 Å². The Hall–Kier alpha value is -2.04. The molecule has 2 aliphatic rings. The average molecular weight is 352 g/mol. The van der Waals surface area contributed by atoms with E-state index in [9.17, 15) is 5.11 Å². The molecule has 1 saturated heterocycles. The highest BCUT2D eigenvalue weighted by atomic mass is 16.5. The number of phenols is 1. The number of aromatic hydroxyl groups is 1. The van der Waals surface area contributed by atoms with Crippen molar-refractivity contribution in [3.05, 3.63) is 59.2 Å². The third kappa shape index (κ3) is 3.71. The maximum Gasteiger partial charge on any atom is 0.160 e. The third-order valence-electron chi connectivity index (χ3n) is 5.89. The monoisotopic (exact) mass is 352 g/mol. The van der Waals surface area contributed by atoms with Gasteiger partial charge in [0.2, 0.25) is 0 Å². The minimum absolute atomic E-state index is 0.226. The van der Waals surface area contributed by atoms with Crippen LogP contribution in [0.3, 0.4) is 0 Å². The molecule has 26 heavy (non-hydrogen) atoms. The van der Waals surface area contributed by atoms with Gasteiger partial charge in [-0.25, -0.2) is 0 Å². The summed E-state index contributed by atoms with van der Waals surface area (Å²) in [6.45, 7) is 5.33. The van der Waals surface area contributed by atoms with Crippen molar-refractivity contribution in [3.8, 4) is 11.5 Å². The van der Waals surface area contributed by atoms with E-state index >= 15 is 0 Å². The van der Waals surface area contributed by atoms with Gasteiger partial charge >= 0.3 is 0 Å². The molecule has 1 fully saturated rings. The first-order chi connectivity index (χ1) is 12.7. The topological polar surface area (TPSA) is 35.9 Å². The van der Waals surface area contributed by atoms with E-state index in [-0.39, 0.29) is 5.75 Å². The van der Waals surface area contributed by atoms with E-state index < -0.39 is 0 Å². The third-order valence-corrected chi connectivity index (χ3v) is 5.89. The van der Waals surface area contributed by atoms with Crippen LogP contribution in [0.5, 0.6) is 11.5 Å². The lowest BCUT2D eigenvalue weighted by Crippen LogP contribution is -2.51. The molecule has 1 unspecified atom stereocenters.